The Labute approximate surface area is 141 Å². The normalized spacial score (nSPS) is 27.9. The van der Waals surface area contributed by atoms with Crippen LogP contribution in [0.2, 0.25) is 0 Å². The van der Waals surface area contributed by atoms with Crippen LogP contribution in [-0.2, 0) is 4.74 Å². The summed E-state index contributed by atoms with van der Waals surface area (Å²) in [5, 5.41) is 0. The van der Waals surface area contributed by atoms with Crippen molar-refractivity contribution in [2.75, 3.05) is 24.6 Å². The molecule has 2 aliphatic rings. The van der Waals surface area contributed by atoms with E-state index in [0.717, 1.165) is 53.9 Å². The molecule has 0 aromatic carbocycles. The lowest BCUT2D eigenvalue weighted by Gasteiger charge is -2.41. The molecular weight excluding hydrogens is 366 g/mol. The van der Waals surface area contributed by atoms with Crippen LogP contribution in [0.1, 0.15) is 19.8 Å². The van der Waals surface area contributed by atoms with E-state index in [1.165, 1.54) is 11.7 Å². The number of nitrogens with two attached hydrogens (primary N) is 1. The van der Waals surface area contributed by atoms with Crippen LogP contribution in [0, 0.1) is 5.41 Å². The molecule has 6 nitrogen and oxygen atoms in total. The Hall–Kier alpha value is -0.830. The smallest absolute Gasteiger partial charge is 0.158 e. The molecule has 118 valence electrons. The van der Waals surface area contributed by atoms with Crippen LogP contribution in [0.4, 0.5) is 5.82 Å². The lowest BCUT2D eigenvalue weighted by Crippen LogP contribution is -2.50. The zero-order valence-electron chi connectivity index (χ0n) is 12.3. The van der Waals surface area contributed by atoms with Crippen molar-refractivity contribution in [2.24, 2.45) is 11.1 Å². The molecule has 22 heavy (non-hydrogen) atoms. The first-order valence-electron chi connectivity index (χ1n) is 7.50. The van der Waals surface area contributed by atoms with E-state index >= 15 is 0 Å². The van der Waals surface area contributed by atoms with Crippen molar-refractivity contribution in [1.29, 1.82) is 0 Å². The Morgan fingerprint density at radius 2 is 2.09 bits per heavy atom. The molecule has 1 spiro atoms. The Kier molecular flexibility index (Phi) is 3.60. The predicted octanol–water partition coefficient (Wildman–Crippen LogP) is 2.18. The first-order chi connectivity index (χ1) is 10.6. The summed E-state index contributed by atoms with van der Waals surface area (Å²) in [5.74, 6) is 0.933. The second-order valence-corrected chi connectivity index (χ2v) is 7.67. The van der Waals surface area contributed by atoms with Gasteiger partial charge in [0.2, 0.25) is 0 Å². The van der Waals surface area contributed by atoms with Gasteiger partial charge in [0, 0.05) is 30.7 Å². The van der Waals surface area contributed by atoms with Gasteiger partial charge in [0.1, 0.15) is 11.0 Å². The molecule has 2 aliphatic heterocycles. The first kappa shape index (κ1) is 14.7. The van der Waals surface area contributed by atoms with Gasteiger partial charge in [-0.1, -0.05) is 0 Å². The molecule has 0 bridgehead atoms. The van der Waals surface area contributed by atoms with Gasteiger partial charge in [-0.05, 0) is 35.7 Å². The van der Waals surface area contributed by atoms with Crippen molar-refractivity contribution < 1.29 is 4.74 Å². The minimum Gasteiger partial charge on any atom is -0.376 e. The predicted molar refractivity (Wildman–Crippen MR) is 90.2 cm³/mol. The standard InChI is InChI=1S/C14H18BrN5OS/c1-8-12(16)14(7-21-8)2-4-20(5-3-14)13-11-10(18-22-19-11)9(15)6-17-13/h6,8,12H,2-5,7,16H2,1H3/t8-,12?/m0/s1. The molecule has 0 aliphatic carbocycles. The van der Waals surface area contributed by atoms with E-state index in [0.29, 0.717) is 0 Å². The molecule has 0 radical (unpaired) electrons. The maximum absolute atomic E-state index is 6.38. The Bertz CT molecular complexity index is 700. The van der Waals surface area contributed by atoms with Crippen LogP contribution in [-0.4, -0.2) is 45.6 Å². The fourth-order valence-corrected chi connectivity index (χ4v) is 4.65. The maximum Gasteiger partial charge on any atom is 0.158 e. The molecule has 2 saturated heterocycles. The summed E-state index contributed by atoms with van der Waals surface area (Å²) in [6, 6.07) is 0.133. The highest BCUT2D eigenvalue weighted by molar-refractivity contribution is 9.10. The number of nitrogens with zero attached hydrogens (tertiary/aromatic N) is 4. The van der Waals surface area contributed by atoms with Crippen molar-refractivity contribution in [3.05, 3.63) is 10.7 Å². The summed E-state index contributed by atoms with van der Waals surface area (Å²) in [6.07, 6.45) is 4.05. The first-order valence-corrected chi connectivity index (χ1v) is 9.02. The van der Waals surface area contributed by atoms with Crippen LogP contribution in [0.15, 0.2) is 10.7 Å². The number of aromatic nitrogens is 3. The third kappa shape index (κ3) is 2.16. The second kappa shape index (κ2) is 5.36. The summed E-state index contributed by atoms with van der Waals surface area (Å²) in [5.41, 5.74) is 8.29. The molecule has 0 saturated carbocycles. The summed E-state index contributed by atoms with van der Waals surface area (Å²) < 4.78 is 15.4. The fraction of sp³-hybridized carbons (Fsp3) is 0.643. The summed E-state index contributed by atoms with van der Waals surface area (Å²) in [7, 11) is 0. The van der Waals surface area contributed by atoms with Crippen LogP contribution >= 0.6 is 27.7 Å². The van der Waals surface area contributed by atoms with Gasteiger partial charge in [-0.3, -0.25) is 0 Å². The third-order valence-electron chi connectivity index (χ3n) is 5.13. The van der Waals surface area contributed by atoms with Crippen LogP contribution in [0.25, 0.3) is 11.0 Å². The minimum absolute atomic E-state index is 0.130. The Morgan fingerprint density at radius 3 is 2.77 bits per heavy atom. The highest BCUT2D eigenvalue weighted by Gasteiger charge is 2.47. The van der Waals surface area contributed by atoms with Gasteiger partial charge in [-0.25, -0.2) is 4.98 Å². The number of hydrogen-bond acceptors (Lipinski definition) is 7. The van der Waals surface area contributed by atoms with E-state index in [4.69, 9.17) is 10.5 Å². The van der Waals surface area contributed by atoms with Gasteiger partial charge < -0.3 is 15.4 Å². The monoisotopic (exact) mass is 383 g/mol. The summed E-state index contributed by atoms with van der Waals surface area (Å²) >= 11 is 4.72. The zero-order chi connectivity index (χ0) is 15.3. The van der Waals surface area contributed by atoms with E-state index in [9.17, 15) is 0 Å². The van der Waals surface area contributed by atoms with Gasteiger partial charge >= 0.3 is 0 Å². The second-order valence-electron chi connectivity index (χ2n) is 6.28. The number of pyridine rings is 1. The highest BCUT2D eigenvalue weighted by atomic mass is 79.9. The summed E-state index contributed by atoms with van der Waals surface area (Å²) in [4.78, 5) is 6.87. The fourth-order valence-electron chi connectivity index (χ4n) is 3.60. The summed E-state index contributed by atoms with van der Waals surface area (Å²) in [6.45, 7) is 4.73. The van der Waals surface area contributed by atoms with Gasteiger partial charge in [0.25, 0.3) is 0 Å². The molecule has 2 N–H and O–H groups in total. The van der Waals surface area contributed by atoms with Crippen LogP contribution in [0.5, 0.6) is 0 Å². The van der Waals surface area contributed by atoms with E-state index in [2.05, 4.69) is 41.5 Å². The van der Waals surface area contributed by atoms with Crippen molar-refractivity contribution in [1.82, 2.24) is 13.7 Å². The number of hydrogen-bond donors (Lipinski definition) is 1. The Balaban J connectivity index is 1.59. The number of rotatable bonds is 1. The molecule has 1 unspecified atom stereocenters. The zero-order valence-corrected chi connectivity index (χ0v) is 14.7. The van der Waals surface area contributed by atoms with Gasteiger partial charge in [-0.15, -0.1) is 0 Å². The van der Waals surface area contributed by atoms with E-state index in [-0.39, 0.29) is 17.6 Å². The molecule has 4 heterocycles. The van der Waals surface area contributed by atoms with Gasteiger partial charge in [0.05, 0.1) is 28.9 Å². The van der Waals surface area contributed by atoms with Crippen molar-refractivity contribution in [2.45, 2.75) is 31.9 Å². The van der Waals surface area contributed by atoms with E-state index in [1.54, 1.807) is 0 Å². The molecule has 2 aromatic heterocycles. The van der Waals surface area contributed by atoms with E-state index in [1.807, 2.05) is 6.20 Å². The minimum atomic E-state index is 0.130. The third-order valence-corrected chi connectivity index (χ3v) is 6.24. The maximum atomic E-state index is 6.38. The average molecular weight is 384 g/mol. The molecule has 2 fully saturated rings. The molecule has 0 amide bonds. The van der Waals surface area contributed by atoms with Crippen molar-refractivity contribution in [3.8, 4) is 0 Å². The number of anilines is 1. The largest absolute Gasteiger partial charge is 0.376 e. The molecular formula is C14H18BrN5OS. The molecule has 8 heteroatoms. The SMILES string of the molecule is C[C@@H]1OCC2(CCN(c3ncc(Br)c4nsnc34)CC2)C1N. The molecule has 2 atom stereocenters. The Morgan fingerprint density at radius 1 is 1.36 bits per heavy atom. The van der Waals surface area contributed by atoms with Crippen LogP contribution < -0.4 is 10.6 Å². The van der Waals surface area contributed by atoms with Gasteiger partial charge in [0.15, 0.2) is 5.82 Å². The van der Waals surface area contributed by atoms with E-state index < -0.39 is 0 Å². The highest BCUT2D eigenvalue weighted by Crippen LogP contribution is 2.42. The van der Waals surface area contributed by atoms with Crippen LogP contribution in [0.3, 0.4) is 0 Å². The number of fused-ring (bicyclic) bond motifs is 1. The quantitative estimate of drug-likeness (QED) is 0.812. The number of piperidine rings is 1. The number of ether oxygens (including phenoxy) is 1. The molecule has 2 aromatic rings. The number of halogens is 1. The average Bonchev–Trinajstić information content (AvgIpc) is 3.12. The van der Waals surface area contributed by atoms with Crippen molar-refractivity contribution in [3.63, 3.8) is 0 Å². The van der Waals surface area contributed by atoms with Crippen molar-refractivity contribution >= 4 is 44.5 Å². The lowest BCUT2D eigenvalue weighted by atomic mass is 9.73. The lowest BCUT2D eigenvalue weighted by molar-refractivity contribution is 0.0974. The van der Waals surface area contributed by atoms with Gasteiger partial charge in [-0.2, -0.15) is 8.75 Å². The molecule has 4 rings (SSSR count). The topological polar surface area (TPSA) is 77.2 Å².